The Balaban J connectivity index is 1.69. The highest BCUT2D eigenvalue weighted by Crippen LogP contribution is 2.27. The number of benzene rings is 2. The number of amides is 2. The van der Waals surface area contributed by atoms with Crippen LogP contribution in [0, 0.1) is 0 Å². The summed E-state index contributed by atoms with van der Waals surface area (Å²) in [5.41, 5.74) is 0.406. The van der Waals surface area contributed by atoms with E-state index in [1.165, 1.54) is 36.4 Å². The van der Waals surface area contributed by atoms with Gasteiger partial charge in [-0.3, -0.25) is 9.59 Å². The fraction of sp³-hybridized carbons (Fsp3) is 0.300. The van der Waals surface area contributed by atoms with Crippen molar-refractivity contribution in [2.24, 2.45) is 0 Å². The Bertz CT molecular complexity index is 825. The van der Waals surface area contributed by atoms with Crippen LogP contribution < -0.4 is 10.6 Å². The molecule has 0 aromatic heterocycles. The standard InChI is InChI=1S/C20H22N2O6/c23-15-7-5-11(9-17(15)25)19(27)21-13-3-1-2-4-14(13)22-20(28)12-6-8-16(24)18(26)10-12/h5-10,13-14,23-26H,1-4H2,(H,21,27)(H,22,28)/t13-,14+. The minimum absolute atomic E-state index is 0.203. The number of phenolic OH excluding ortho intramolecular Hbond substituents is 4. The summed E-state index contributed by atoms with van der Waals surface area (Å²) in [6.07, 6.45) is 3.17. The summed E-state index contributed by atoms with van der Waals surface area (Å²) >= 11 is 0. The lowest BCUT2D eigenvalue weighted by atomic mass is 9.89. The predicted octanol–water partition coefficient (Wildman–Crippen LogP) is 1.98. The number of nitrogens with one attached hydrogen (secondary N) is 2. The van der Waals surface area contributed by atoms with Crippen molar-refractivity contribution in [2.45, 2.75) is 37.8 Å². The lowest BCUT2D eigenvalue weighted by Crippen LogP contribution is -2.53. The third kappa shape index (κ3) is 4.28. The summed E-state index contributed by atoms with van der Waals surface area (Å²) in [7, 11) is 0. The zero-order valence-corrected chi connectivity index (χ0v) is 15.1. The lowest BCUT2D eigenvalue weighted by molar-refractivity contribution is 0.0862. The molecule has 28 heavy (non-hydrogen) atoms. The van der Waals surface area contributed by atoms with Crippen molar-refractivity contribution in [3.8, 4) is 23.0 Å². The van der Waals surface area contributed by atoms with E-state index in [2.05, 4.69) is 10.6 Å². The predicted molar refractivity (Wildman–Crippen MR) is 101 cm³/mol. The van der Waals surface area contributed by atoms with Crippen molar-refractivity contribution >= 4 is 11.8 Å². The molecule has 2 aromatic rings. The van der Waals surface area contributed by atoms with Gasteiger partial charge >= 0.3 is 0 Å². The fourth-order valence-electron chi connectivity index (χ4n) is 3.31. The van der Waals surface area contributed by atoms with Crippen LogP contribution in [0.1, 0.15) is 46.4 Å². The van der Waals surface area contributed by atoms with Gasteiger partial charge in [0.05, 0.1) is 0 Å². The molecule has 0 radical (unpaired) electrons. The van der Waals surface area contributed by atoms with Gasteiger partial charge in [-0.05, 0) is 49.2 Å². The van der Waals surface area contributed by atoms with E-state index in [0.29, 0.717) is 12.8 Å². The average Bonchev–Trinajstić information content (AvgIpc) is 2.67. The Morgan fingerprint density at radius 1 is 0.679 bits per heavy atom. The van der Waals surface area contributed by atoms with Crippen LogP contribution >= 0.6 is 0 Å². The van der Waals surface area contributed by atoms with Gasteiger partial charge in [0.15, 0.2) is 23.0 Å². The van der Waals surface area contributed by atoms with Gasteiger partial charge in [0.1, 0.15) is 0 Å². The summed E-state index contributed by atoms with van der Waals surface area (Å²) in [6.45, 7) is 0. The first-order valence-corrected chi connectivity index (χ1v) is 9.01. The summed E-state index contributed by atoms with van der Waals surface area (Å²) < 4.78 is 0. The van der Waals surface area contributed by atoms with E-state index in [0.717, 1.165) is 12.8 Å². The van der Waals surface area contributed by atoms with Gasteiger partial charge in [-0.15, -0.1) is 0 Å². The van der Waals surface area contributed by atoms with E-state index in [9.17, 15) is 30.0 Å². The third-order valence-electron chi connectivity index (χ3n) is 4.87. The van der Waals surface area contributed by atoms with Gasteiger partial charge in [0.25, 0.3) is 11.8 Å². The maximum Gasteiger partial charge on any atom is 0.251 e. The number of phenols is 4. The van der Waals surface area contributed by atoms with Crippen molar-refractivity contribution < 1.29 is 30.0 Å². The Morgan fingerprint density at radius 2 is 1.07 bits per heavy atom. The summed E-state index contributed by atoms with van der Waals surface area (Å²) in [5.74, 6) is -2.21. The Hall–Kier alpha value is -3.42. The molecule has 6 N–H and O–H groups in total. The fourth-order valence-corrected chi connectivity index (χ4v) is 3.31. The molecule has 0 spiro atoms. The lowest BCUT2D eigenvalue weighted by Gasteiger charge is -2.33. The quantitative estimate of drug-likeness (QED) is 0.444. The molecule has 2 aromatic carbocycles. The number of hydrogen-bond donors (Lipinski definition) is 6. The molecule has 1 aliphatic rings. The van der Waals surface area contributed by atoms with Crippen LogP contribution in [0.2, 0.25) is 0 Å². The highest BCUT2D eigenvalue weighted by molar-refractivity contribution is 5.96. The van der Waals surface area contributed by atoms with Crippen molar-refractivity contribution in [1.29, 1.82) is 0 Å². The molecule has 0 saturated heterocycles. The maximum absolute atomic E-state index is 12.5. The third-order valence-corrected chi connectivity index (χ3v) is 4.87. The molecule has 3 rings (SSSR count). The van der Waals surface area contributed by atoms with E-state index in [-0.39, 0.29) is 46.2 Å². The van der Waals surface area contributed by atoms with Crippen molar-refractivity contribution in [2.75, 3.05) is 0 Å². The average molecular weight is 386 g/mol. The molecular weight excluding hydrogens is 364 g/mol. The Morgan fingerprint density at radius 3 is 1.43 bits per heavy atom. The highest BCUT2D eigenvalue weighted by Gasteiger charge is 2.28. The summed E-state index contributed by atoms with van der Waals surface area (Å²) in [5, 5.41) is 43.6. The van der Waals surface area contributed by atoms with Crippen LogP contribution in [0.15, 0.2) is 36.4 Å². The van der Waals surface area contributed by atoms with Gasteiger partial charge < -0.3 is 31.1 Å². The van der Waals surface area contributed by atoms with Crippen molar-refractivity contribution in [3.05, 3.63) is 47.5 Å². The summed E-state index contributed by atoms with van der Waals surface area (Å²) in [6, 6.07) is 7.04. The van der Waals surface area contributed by atoms with Crippen LogP contribution in [-0.4, -0.2) is 44.3 Å². The first-order chi connectivity index (χ1) is 13.3. The van der Waals surface area contributed by atoms with Crippen molar-refractivity contribution in [1.82, 2.24) is 10.6 Å². The molecule has 0 heterocycles. The Labute approximate surface area is 161 Å². The summed E-state index contributed by atoms with van der Waals surface area (Å²) in [4.78, 5) is 25.0. The molecule has 0 bridgehead atoms. The molecule has 2 amide bonds. The maximum atomic E-state index is 12.5. The van der Waals surface area contributed by atoms with E-state index in [1.54, 1.807) is 0 Å². The number of carbonyl (C=O) groups is 2. The molecule has 0 unspecified atom stereocenters. The van der Waals surface area contributed by atoms with E-state index in [4.69, 9.17) is 0 Å². The minimum Gasteiger partial charge on any atom is -0.504 e. The van der Waals surface area contributed by atoms with Gasteiger partial charge in [0, 0.05) is 23.2 Å². The number of aromatic hydroxyl groups is 4. The number of hydrogen-bond acceptors (Lipinski definition) is 6. The SMILES string of the molecule is O=C(N[C@H]1CCCC[C@H]1NC(=O)c1ccc(O)c(O)c1)c1ccc(O)c(O)c1. The van der Waals surface area contributed by atoms with Gasteiger partial charge in [-0.1, -0.05) is 12.8 Å². The second-order valence-corrected chi connectivity index (χ2v) is 6.85. The Kier molecular flexibility index (Phi) is 5.58. The largest absolute Gasteiger partial charge is 0.504 e. The van der Waals surface area contributed by atoms with Crippen molar-refractivity contribution in [3.63, 3.8) is 0 Å². The zero-order valence-electron chi connectivity index (χ0n) is 15.1. The zero-order chi connectivity index (χ0) is 20.3. The highest BCUT2D eigenvalue weighted by atomic mass is 16.3. The van der Waals surface area contributed by atoms with Crippen LogP contribution in [-0.2, 0) is 0 Å². The smallest absolute Gasteiger partial charge is 0.251 e. The van der Waals surface area contributed by atoms with E-state index >= 15 is 0 Å². The first kappa shape index (κ1) is 19.3. The van der Waals surface area contributed by atoms with Crippen LogP contribution in [0.25, 0.3) is 0 Å². The molecule has 1 fully saturated rings. The monoisotopic (exact) mass is 386 g/mol. The number of rotatable bonds is 4. The van der Waals surface area contributed by atoms with Gasteiger partial charge in [0.2, 0.25) is 0 Å². The second kappa shape index (κ2) is 8.08. The first-order valence-electron chi connectivity index (χ1n) is 9.01. The molecular formula is C20H22N2O6. The second-order valence-electron chi connectivity index (χ2n) is 6.85. The minimum atomic E-state index is -0.413. The van der Waals surface area contributed by atoms with Crippen LogP contribution in [0.5, 0.6) is 23.0 Å². The molecule has 8 nitrogen and oxygen atoms in total. The normalized spacial score (nSPS) is 19.0. The van der Waals surface area contributed by atoms with Crippen LogP contribution in [0.4, 0.5) is 0 Å². The van der Waals surface area contributed by atoms with Crippen LogP contribution in [0.3, 0.4) is 0 Å². The molecule has 0 aliphatic heterocycles. The molecule has 2 atom stereocenters. The molecule has 148 valence electrons. The van der Waals surface area contributed by atoms with Gasteiger partial charge in [-0.25, -0.2) is 0 Å². The number of carbonyl (C=O) groups excluding carboxylic acids is 2. The topological polar surface area (TPSA) is 139 Å². The van der Waals surface area contributed by atoms with E-state index < -0.39 is 11.8 Å². The van der Waals surface area contributed by atoms with Gasteiger partial charge in [-0.2, -0.15) is 0 Å². The molecule has 8 heteroatoms. The molecule has 1 saturated carbocycles. The molecule has 1 aliphatic carbocycles. The van der Waals surface area contributed by atoms with E-state index in [1.807, 2.05) is 0 Å².